The van der Waals surface area contributed by atoms with Gasteiger partial charge in [0.15, 0.2) is 0 Å². The Labute approximate surface area is 147 Å². The fourth-order valence-corrected chi connectivity index (χ4v) is 3.52. The lowest BCUT2D eigenvalue weighted by atomic mass is 10.2. The molecule has 1 aliphatic heterocycles. The number of nitrogens with zero attached hydrogens (tertiary/aromatic N) is 4. The molecular formula is C14H18N6O4S. The van der Waals surface area contributed by atoms with E-state index in [9.17, 15) is 9.59 Å². The van der Waals surface area contributed by atoms with Crippen LogP contribution in [-0.4, -0.2) is 64.9 Å². The van der Waals surface area contributed by atoms with Gasteiger partial charge >= 0.3 is 12.2 Å². The smallest absolute Gasteiger partial charge is 0.411 e. The minimum atomic E-state index is -0.938. The summed E-state index contributed by atoms with van der Waals surface area (Å²) in [4.78, 5) is 35.3. The molecule has 2 aromatic heterocycles. The molecule has 2 aromatic rings. The highest BCUT2D eigenvalue weighted by Gasteiger charge is 2.25. The number of nitrogens with one attached hydrogen (secondary N) is 1. The number of aromatic nitrogens is 2. The van der Waals surface area contributed by atoms with Crippen molar-refractivity contribution in [2.24, 2.45) is 0 Å². The van der Waals surface area contributed by atoms with Crippen molar-refractivity contribution in [3.8, 4) is 0 Å². The van der Waals surface area contributed by atoms with E-state index in [-0.39, 0.29) is 12.6 Å². The van der Waals surface area contributed by atoms with Gasteiger partial charge in [0.2, 0.25) is 5.95 Å². The first-order chi connectivity index (χ1) is 12.0. The lowest BCUT2D eigenvalue weighted by Gasteiger charge is -2.34. The number of hydrogen-bond acceptors (Lipinski definition) is 8. The summed E-state index contributed by atoms with van der Waals surface area (Å²) < 4.78 is 4.92. The van der Waals surface area contributed by atoms with Crippen molar-refractivity contribution in [2.45, 2.75) is 6.92 Å². The molecule has 0 radical (unpaired) electrons. The van der Waals surface area contributed by atoms with Gasteiger partial charge in [0.1, 0.15) is 10.6 Å². The number of piperazine rings is 1. The Kier molecular flexibility index (Phi) is 4.74. The molecule has 0 spiro atoms. The fourth-order valence-electron chi connectivity index (χ4n) is 2.65. The Bertz CT molecular complexity index is 802. The zero-order chi connectivity index (χ0) is 18.0. The van der Waals surface area contributed by atoms with Crippen molar-refractivity contribution in [3.05, 3.63) is 5.38 Å². The number of carbonyl (C=O) groups is 2. The maximum Gasteiger partial charge on any atom is 0.411 e. The zero-order valence-corrected chi connectivity index (χ0v) is 14.4. The molecule has 1 aliphatic rings. The number of thiophene rings is 1. The summed E-state index contributed by atoms with van der Waals surface area (Å²) in [5.41, 5.74) is 6.36. The van der Waals surface area contributed by atoms with E-state index in [0.29, 0.717) is 47.9 Å². The van der Waals surface area contributed by atoms with Gasteiger partial charge in [-0.15, -0.1) is 11.3 Å². The van der Waals surface area contributed by atoms with Crippen molar-refractivity contribution in [3.63, 3.8) is 0 Å². The minimum Gasteiger partial charge on any atom is -0.465 e. The van der Waals surface area contributed by atoms with Gasteiger partial charge in [0.25, 0.3) is 0 Å². The number of carboxylic acid groups (broad SMARTS) is 1. The van der Waals surface area contributed by atoms with Gasteiger partial charge in [-0.3, -0.25) is 5.32 Å². The summed E-state index contributed by atoms with van der Waals surface area (Å²) in [6, 6.07) is 0. The van der Waals surface area contributed by atoms with E-state index in [2.05, 4.69) is 15.3 Å². The molecule has 3 rings (SSSR count). The van der Waals surface area contributed by atoms with Crippen molar-refractivity contribution in [1.82, 2.24) is 14.9 Å². The second-order valence-electron chi connectivity index (χ2n) is 5.34. The van der Waals surface area contributed by atoms with Crippen LogP contribution in [-0.2, 0) is 4.74 Å². The van der Waals surface area contributed by atoms with Gasteiger partial charge in [0, 0.05) is 31.6 Å². The molecule has 11 heteroatoms. The highest BCUT2D eigenvalue weighted by Crippen LogP contribution is 2.36. The van der Waals surface area contributed by atoms with E-state index >= 15 is 0 Å². The van der Waals surface area contributed by atoms with E-state index in [0.717, 1.165) is 0 Å². The Morgan fingerprint density at radius 2 is 2.08 bits per heavy atom. The van der Waals surface area contributed by atoms with Crippen molar-refractivity contribution < 1.29 is 19.4 Å². The van der Waals surface area contributed by atoms with Crippen LogP contribution in [0.1, 0.15) is 6.92 Å². The summed E-state index contributed by atoms with van der Waals surface area (Å²) in [5, 5.41) is 14.2. The van der Waals surface area contributed by atoms with Crippen LogP contribution in [0.25, 0.3) is 10.2 Å². The van der Waals surface area contributed by atoms with Crippen molar-refractivity contribution in [1.29, 1.82) is 0 Å². The van der Waals surface area contributed by atoms with Gasteiger partial charge in [0.05, 0.1) is 17.7 Å². The number of nitrogens with two attached hydrogens (primary N) is 1. The van der Waals surface area contributed by atoms with Crippen LogP contribution in [0, 0.1) is 0 Å². The quantitative estimate of drug-likeness (QED) is 0.746. The molecule has 0 unspecified atom stereocenters. The molecule has 25 heavy (non-hydrogen) atoms. The normalized spacial score (nSPS) is 14.6. The Morgan fingerprint density at radius 3 is 2.72 bits per heavy atom. The van der Waals surface area contributed by atoms with E-state index in [1.807, 2.05) is 4.90 Å². The first-order valence-corrected chi connectivity index (χ1v) is 8.59. The summed E-state index contributed by atoms with van der Waals surface area (Å²) in [5.74, 6) is 0.716. The SMILES string of the molecule is CCOC(=O)Nc1csc2nc(N)nc(N3CCN(C(=O)O)CC3)c12. The van der Waals surface area contributed by atoms with Gasteiger partial charge < -0.3 is 25.4 Å². The maximum atomic E-state index is 11.7. The monoisotopic (exact) mass is 366 g/mol. The number of carbonyl (C=O) groups excluding carboxylic acids is 1. The summed E-state index contributed by atoms with van der Waals surface area (Å²) in [6.45, 7) is 3.68. The average molecular weight is 366 g/mol. The molecule has 0 bridgehead atoms. The Hall–Kier alpha value is -2.82. The first kappa shape index (κ1) is 17.0. The topological polar surface area (TPSA) is 134 Å². The highest BCUT2D eigenvalue weighted by molar-refractivity contribution is 7.17. The second kappa shape index (κ2) is 6.97. The Balaban J connectivity index is 1.92. The van der Waals surface area contributed by atoms with Crippen LogP contribution in [0.5, 0.6) is 0 Å². The number of ether oxygens (including phenoxy) is 1. The Morgan fingerprint density at radius 1 is 1.36 bits per heavy atom. The molecule has 4 N–H and O–H groups in total. The standard InChI is InChI=1S/C14H18N6O4S/c1-2-24-13(21)16-8-7-25-11-9(8)10(17-12(15)18-11)19-3-5-20(6-4-19)14(22)23/h7H,2-6H2,1H3,(H,16,21)(H,22,23)(H2,15,17,18). The highest BCUT2D eigenvalue weighted by atomic mass is 32.1. The van der Waals surface area contributed by atoms with E-state index in [1.165, 1.54) is 16.2 Å². The maximum absolute atomic E-state index is 11.7. The van der Waals surface area contributed by atoms with Crippen molar-refractivity contribution >= 4 is 51.2 Å². The fraction of sp³-hybridized carbons (Fsp3) is 0.429. The predicted molar refractivity (Wildman–Crippen MR) is 94.3 cm³/mol. The van der Waals surface area contributed by atoms with Crippen molar-refractivity contribution in [2.75, 3.05) is 48.7 Å². The number of amides is 2. The number of hydrogen-bond donors (Lipinski definition) is 3. The molecule has 2 amide bonds. The summed E-state index contributed by atoms with van der Waals surface area (Å²) in [6.07, 6.45) is -1.49. The number of fused-ring (bicyclic) bond motifs is 1. The largest absolute Gasteiger partial charge is 0.465 e. The molecule has 1 saturated heterocycles. The summed E-state index contributed by atoms with van der Waals surface area (Å²) >= 11 is 1.34. The van der Waals surface area contributed by atoms with Crippen LogP contribution in [0.15, 0.2) is 5.38 Å². The number of nitrogen functional groups attached to an aromatic ring is 1. The van der Waals surface area contributed by atoms with Crippen LogP contribution < -0.4 is 16.0 Å². The van der Waals surface area contributed by atoms with Crippen LogP contribution in [0.4, 0.5) is 27.0 Å². The van der Waals surface area contributed by atoms with Gasteiger partial charge in [-0.05, 0) is 6.92 Å². The molecular weight excluding hydrogens is 348 g/mol. The van der Waals surface area contributed by atoms with Gasteiger partial charge in [-0.25, -0.2) is 14.6 Å². The molecule has 0 aromatic carbocycles. The van der Waals surface area contributed by atoms with E-state index in [4.69, 9.17) is 15.6 Å². The number of anilines is 3. The van der Waals surface area contributed by atoms with Crippen LogP contribution in [0.2, 0.25) is 0 Å². The van der Waals surface area contributed by atoms with E-state index < -0.39 is 12.2 Å². The third-order valence-electron chi connectivity index (χ3n) is 3.79. The van der Waals surface area contributed by atoms with Crippen LogP contribution in [0.3, 0.4) is 0 Å². The predicted octanol–water partition coefficient (Wildman–Crippen LogP) is 1.64. The van der Waals surface area contributed by atoms with Gasteiger partial charge in [-0.1, -0.05) is 0 Å². The first-order valence-electron chi connectivity index (χ1n) is 7.71. The molecule has 0 atom stereocenters. The van der Waals surface area contributed by atoms with Gasteiger partial charge in [-0.2, -0.15) is 4.98 Å². The third kappa shape index (κ3) is 3.50. The molecule has 1 fully saturated rings. The minimum absolute atomic E-state index is 0.132. The second-order valence-corrected chi connectivity index (χ2v) is 6.20. The molecule has 0 saturated carbocycles. The lowest BCUT2D eigenvalue weighted by molar-refractivity contribution is 0.142. The molecule has 3 heterocycles. The molecule has 134 valence electrons. The zero-order valence-electron chi connectivity index (χ0n) is 13.6. The van der Waals surface area contributed by atoms with Crippen LogP contribution >= 0.6 is 11.3 Å². The summed E-state index contributed by atoms with van der Waals surface area (Å²) in [7, 11) is 0. The third-order valence-corrected chi connectivity index (χ3v) is 4.67. The lowest BCUT2D eigenvalue weighted by Crippen LogP contribution is -2.48. The molecule has 10 nitrogen and oxygen atoms in total. The average Bonchev–Trinajstić information content (AvgIpc) is 2.97. The van der Waals surface area contributed by atoms with E-state index in [1.54, 1.807) is 12.3 Å². The number of rotatable bonds is 3. The molecule has 0 aliphatic carbocycles.